The van der Waals surface area contributed by atoms with Gasteiger partial charge in [-0.2, -0.15) is 13.2 Å². The van der Waals surface area contributed by atoms with Gasteiger partial charge in [0.25, 0.3) is 11.8 Å². The van der Waals surface area contributed by atoms with E-state index in [4.69, 9.17) is 10.5 Å². The number of hydrogen-bond acceptors (Lipinski definition) is 7. The molecule has 47 heavy (non-hydrogen) atoms. The molecule has 1 atom stereocenters. The standard InChI is InChI=1S/C31H28F6N4O6/c1-45-24-7-4-17(16-3-2-9-41(10-8-16)15-27(38)42)11-20(24)29(44)40-23-14-26-25(46-31(36,37)47-26)13-19(23)28(43)39-18-5-6-22(32)21(12-18)30(33,34)35/h4-7,11-14,16H,2-3,8-10,15H2,1H3,(H2,38,42)(H,39,43)(H,40,44). The van der Waals surface area contributed by atoms with Crippen molar-refractivity contribution in [2.45, 2.75) is 37.7 Å². The van der Waals surface area contributed by atoms with Crippen molar-refractivity contribution in [2.75, 3.05) is 37.4 Å². The minimum Gasteiger partial charge on any atom is -0.496 e. The lowest BCUT2D eigenvalue weighted by Gasteiger charge is -2.19. The fourth-order valence-corrected chi connectivity index (χ4v) is 5.52. The number of benzene rings is 3. The summed E-state index contributed by atoms with van der Waals surface area (Å²) in [5.41, 5.74) is 3.22. The predicted octanol–water partition coefficient (Wildman–Crippen LogP) is 5.73. The first-order valence-electron chi connectivity index (χ1n) is 14.3. The zero-order chi connectivity index (χ0) is 34.1. The first kappa shape index (κ1) is 33.4. The third kappa shape index (κ3) is 7.70. The van der Waals surface area contributed by atoms with E-state index >= 15 is 0 Å². The van der Waals surface area contributed by atoms with Crippen LogP contribution in [-0.2, 0) is 11.0 Å². The van der Waals surface area contributed by atoms with Gasteiger partial charge in [-0.3, -0.25) is 19.3 Å². The van der Waals surface area contributed by atoms with Gasteiger partial charge in [0.15, 0.2) is 11.5 Å². The third-order valence-corrected chi connectivity index (χ3v) is 7.70. The van der Waals surface area contributed by atoms with Crippen LogP contribution in [-0.4, -0.2) is 55.7 Å². The zero-order valence-electron chi connectivity index (χ0n) is 24.7. The molecule has 0 spiro atoms. The highest BCUT2D eigenvalue weighted by atomic mass is 19.4. The van der Waals surface area contributed by atoms with E-state index in [2.05, 4.69) is 20.1 Å². The van der Waals surface area contributed by atoms with Gasteiger partial charge >= 0.3 is 12.5 Å². The van der Waals surface area contributed by atoms with Crippen molar-refractivity contribution < 1.29 is 54.9 Å². The lowest BCUT2D eigenvalue weighted by molar-refractivity contribution is -0.286. The Morgan fingerprint density at radius 3 is 2.34 bits per heavy atom. The van der Waals surface area contributed by atoms with Crippen LogP contribution < -0.4 is 30.6 Å². The Labute approximate surface area is 263 Å². The highest BCUT2D eigenvalue weighted by Crippen LogP contribution is 2.44. The number of likely N-dealkylation sites (tertiary alicyclic amines) is 1. The van der Waals surface area contributed by atoms with Crippen molar-refractivity contribution in [2.24, 2.45) is 5.73 Å². The summed E-state index contributed by atoms with van der Waals surface area (Å²) in [5, 5.41) is 4.64. The molecule has 2 aliphatic heterocycles. The Balaban J connectivity index is 1.44. The molecule has 0 saturated carbocycles. The minimum absolute atomic E-state index is 0.0109. The lowest BCUT2D eigenvalue weighted by atomic mass is 9.90. The zero-order valence-corrected chi connectivity index (χ0v) is 24.7. The molecule has 0 radical (unpaired) electrons. The first-order valence-corrected chi connectivity index (χ1v) is 14.3. The maximum Gasteiger partial charge on any atom is 0.586 e. The molecule has 2 aliphatic rings. The van der Waals surface area contributed by atoms with Crippen molar-refractivity contribution >= 4 is 29.1 Å². The molecule has 1 fully saturated rings. The number of carbonyl (C=O) groups is 3. The number of carbonyl (C=O) groups excluding carboxylic acids is 3. The van der Waals surface area contributed by atoms with Crippen LogP contribution in [0.1, 0.15) is 57.0 Å². The van der Waals surface area contributed by atoms with Crippen molar-refractivity contribution in [1.29, 1.82) is 0 Å². The van der Waals surface area contributed by atoms with E-state index < -0.39 is 64.3 Å². The van der Waals surface area contributed by atoms with Gasteiger partial charge in [0, 0.05) is 11.8 Å². The number of hydrogen-bond donors (Lipinski definition) is 3. The Bertz CT molecular complexity index is 1720. The molecule has 1 saturated heterocycles. The monoisotopic (exact) mass is 666 g/mol. The summed E-state index contributed by atoms with van der Waals surface area (Å²) in [4.78, 5) is 40.3. The number of methoxy groups -OCH3 is 1. The SMILES string of the molecule is COc1ccc(C2CCCN(CC(N)=O)CC2)cc1C(=O)Nc1cc2c(cc1C(=O)Nc1ccc(F)c(C(F)(F)F)c1)OC(F)(F)O2. The van der Waals surface area contributed by atoms with E-state index in [0.29, 0.717) is 31.6 Å². The molecule has 4 N–H and O–H groups in total. The highest BCUT2D eigenvalue weighted by Gasteiger charge is 2.44. The van der Waals surface area contributed by atoms with Gasteiger partial charge in [-0.1, -0.05) is 6.07 Å². The van der Waals surface area contributed by atoms with Crippen LogP contribution in [0.2, 0.25) is 0 Å². The van der Waals surface area contributed by atoms with Gasteiger partial charge in [-0.25, -0.2) is 4.39 Å². The van der Waals surface area contributed by atoms with Crippen molar-refractivity contribution in [3.05, 3.63) is 76.6 Å². The van der Waals surface area contributed by atoms with Crippen molar-refractivity contribution in [1.82, 2.24) is 4.90 Å². The number of fused-ring (bicyclic) bond motifs is 1. The number of amides is 3. The summed E-state index contributed by atoms with van der Waals surface area (Å²) in [7, 11) is 1.33. The second-order valence-electron chi connectivity index (χ2n) is 10.9. The van der Waals surface area contributed by atoms with Gasteiger partial charge < -0.3 is 30.6 Å². The van der Waals surface area contributed by atoms with Crippen LogP contribution in [0.3, 0.4) is 0 Å². The molecule has 2 heterocycles. The summed E-state index contributed by atoms with van der Waals surface area (Å²) >= 11 is 0. The van der Waals surface area contributed by atoms with Gasteiger partial charge in [-0.05, 0) is 80.2 Å². The fraction of sp³-hybridized carbons (Fsp3) is 0.323. The van der Waals surface area contributed by atoms with Crippen LogP contribution in [0.25, 0.3) is 0 Å². The van der Waals surface area contributed by atoms with E-state index in [0.717, 1.165) is 36.6 Å². The summed E-state index contributed by atoms with van der Waals surface area (Å²) < 4.78 is 95.6. The molecule has 0 aliphatic carbocycles. The normalized spacial score (nSPS) is 17.5. The molecular formula is C31H28F6N4O6. The molecule has 5 rings (SSSR count). The maximum atomic E-state index is 13.9. The van der Waals surface area contributed by atoms with E-state index in [9.17, 15) is 40.7 Å². The largest absolute Gasteiger partial charge is 0.586 e. The minimum atomic E-state index is -5.07. The molecule has 16 heteroatoms. The summed E-state index contributed by atoms with van der Waals surface area (Å²) in [6.07, 6.45) is -6.98. The first-order chi connectivity index (χ1) is 22.1. The molecule has 3 amide bonds. The summed E-state index contributed by atoms with van der Waals surface area (Å²) in [6, 6.07) is 8.45. The predicted molar refractivity (Wildman–Crippen MR) is 155 cm³/mol. The number of nitrogens with zero attached hydrogens (tertiary/aromatic N) is 1. The smallest absolute Gasteiger partial charge is 0.496 e. The summed E-state index contributed by atoms with van der Waals surface area (Å²) in [6.45, 7) is 1.40. The number of halogens is 6. The van der Waals surface area contributed by atoms with Gasteiger partial charge in [-0.15, -0.1) is 8.78 Å². The van der Waals surface area contributed by atoms with Crippen molar-refractivity contribution in [3.8, 4) is 17.2 Å². The van der Waals surface area contributed by atoms with Gasteiger partial charge in [0.1, 0.15) is 11.6 Å². The molecular weight excluding hydrogens is 638 g/mol. The van der Waals surface area contributed by atoms with Gasteiger partial charge in [0.05, 0.1) is 36.0 Å². The number of ether oxygens (including phenoxy) is 3. The van der Waals surface area contributed by atoms with Crippen LogP contribution in [0.5, 0.6) is 17.2 Å². The Morgan fingerprint density at radius 2 is 1.66 bits per heavy atom. The average Bonchev–Trinajstić information content (AvgIpc) is 3.13. The number of primary amides is 1. The number of nitrogens with two attached hydrogens (primary N) is 1. The topological polar surface area (TPSA) is 132 Å². The van der Waals surface area contributed by atoms with E-state index in [1.54, 1.807) is 18.2 Å². The van der Waals surface area contributed by atoms with Crippen LogP contribution >= 0.6 is 0 Å². The average molecular weight is 667 g/mol. The number of nitrogens with one attached hydrogen (secondary N) is 2. The number of rotatable bonds is 8. The highest BCUT2D eigenvalue weighted by molar-refractivity contribution is 6.13. The number of anilines is 2. The molecule has 3 aromatic rings. The molecule has 0 aromatic heterocycles. The van der Waals surface area contributed by atoms with Crippen LogP contribution in [0, 0.1) is 5.82 Å². The quantitative estimate of drug-likeness (QED) is 0.262. The Hall–Kier alpha value is -4.99. The Morgan fingerprint density at radius 1 is 0.957 bits per heavy atom. The lowest BCUT2D eigenvalue weighted by Crippen LogP contribution is -2.34. The molecule has 10 nitrogen and oxygen atoms in total. The van der Waals surface area contributed by atoms with E-state index in [1.165, 1.54) is 7.11 Å². The van der Waals surface area contributed by atoms with Crippen LogP contribution in [0.15, 0.2) is 48.5 Å². The molecule has 3 aromatic carbocycles. The second kappa shape index (κ2) is 13.0. The van der Waals surface area contributed by atoms with E-state index in [1.807, 2.05) is 4.90 Å². The number of alkyl halides is 5. The molecule has 0 bridgehead atoms. The molecule has 1 unspecified atom stereocenters. The van der Waals surface area contributed by atoms with Crippen LogP contribution in [0.4, 0.5) is 37.7 Å². The summed E-state index contributed by atoms with van der Waals surface area (Å²) in [5.74, 6) is -4.90. The maximum absolute atomic E-state index is 13.9. The van der Waals surface area contributed by atoms with E-state index in [-0.39, 0.29) is 29.5 Å². The fourth-order valence-electron chi connectivity index (χ4n) is 5.52. The molecule has 250 valence electrons. The van der Waals surface area contributed by atoms with Gasteiger partial charge in [0.2, 0.25) is 5.91 Å². The third-order valence-electron chi connectivity index (χ3n) is 7.70. The second-order valence-corrected chi connectivity index (χ2v) is 10.9. The van der Waals surface area contributed by atoms with Crippen molar-refractivity contribution in [3.63, 3.8) is 0 Å². The Kier molecular flexibility index (Phi) is 9.25.